The molecule has 0 bridgehead atoms. The minimum Gasteiger partial charge on any atom is -0.493 e. The van der Waals surface area contributed by atoms with Crippen LogP contribution < -0.4 is 14.8 Å². The maximum absolute atomic E-state index is 5.47. The molecule has 0 amide bonds. The molecule has 1 aromatic carbocycles. The van der Waals surface area contributed by atoms with E-state index in [4.69, 9.17) is 9.47 Å². The first kappa shape index (κ1) is 21.7. The average Bonchev–Trinajstić information content (AvgIpc) is 2.63. The number of thioether (sulfide) groups is 1. The fourth-order valence-electron chi connectivity index (χ4n) is 3.38. The third-order valence-corrected chi connectivity index (χ3v) is 6.10. The van der Waals surface area contributed by atoms with Gasteiger partial charge in [0.2, 0.25) is 0 Å². The topological polar surface area (TPSA) is 49.3 Å². The molecule has 0 aromatic heterocycles. The van der Waals surface area contributed by atoms with Crippen LogP contribution in [0.1, 0.15) is 25.5 Å². The monoisotopic (exact) mass is 394 g/mol. The molecule has 7 heteroatoms. The Balaban J connectivity index is 2.12. The zero-order chi connectivity index (χ0) is 20.0. The summed E-state index contributed by atoms with van der Waals surface area (Å²) in [6, 6.07) is 6.30. The van der Waals surface area contributed by atoms with Crippen LogP contribution in [0.25, 0.3) is 0 Å². The number of likely N-dealkylation sites (N-methyl/N-ethyl adjacent to an activating group) is 1. The minimum atomic E-state index is 0.189. The summed E-state index contributed by atoms with van der Waals surface area (Å²) in [6.07, 6.45) is 0. The molecule has 1 unspecified atom stereocenters. The normalized spacial score (nSPS) is 18.4. The highest BCUT2D eigenvalue weighted by Gasteiger charge is 2.29. The molecule has 0 spiro atoms. The molecule has 1 aromatic rings. The van der Waals surface area contributed by atoms with Crippen molar-refractivity contribution in [1.82, 2.24) is 15.1 Å². The van der Waals surface area contributed by atoms with Crippen molar-refractivity contribution < 1.29 is 9.47 Å². The van der Waals surface area contributed by atoms with E-state index in [9.17, 15) is 0 Å². The van der Waals surface area contributed by atoms with Crippen molar-refractivity contribution in [3.05, 3.63) is 23.8 Å². The second-order valence-corrected chi connectivity index (χ2v) is 9.35. The molecule has 0 radical (unpaired) electrons. The third kappa shape index (κ3) is 5.69. The number of hydrogen-bond acceptors (Lipinski definition) is 5. The first-order valence-electron chi connectivity index (χ1n) is 9.29. The maximum atomic E-state index is 5.47. The first-order chi connectivity index (χ1) is 12.8. The van der Waals surface area contributed by atoms with Crippen LogP contribution >= 0.6 is 11.8 Å². The van der Waals surface area contributed by atoms with E-state index >= 15 is 0 Å². The Morgan fingerprint density at radius 2 is 2.00 bits per heavy atom. The number of hydrogen-bond donors (Lipinski definition) is 1. The summed E-state index contributed by atoms with van der Waals surface area (Å²) in [7, 11) is 9.37. The highest BCUT2D eigenvalue weighted by Crippen LogP contribution is 2.32. The zero-order valence-corrected chi connectivity index (χ0v) is 18.5. The van der Waals surface area contributed by atoms with E-state index in [0.29, 0.717) is 0 Å². The Labute approximate surface area is 168 Å². The summed E-state index contributed by atoms with van der Waals surface area (Å²) in [5.74, 6) is 3.59. The highest BCUT2D eigenvalue weighted by molar-refractivity contribution is 8.00. The molecule has 27 heavy (non-hydrogen) atoms. The summed E-state index contributed by atoms with van der Waals surface area (Å²) in [5.41, 5.74) is 1.18. The molecule has 1 aliphatic rings. The number of nitrogens with zero attached hydrogens (tertiary/aromatic N) is 3. The molecule has 0 saturated carbocycles. The summed E-state index contributed by atoms with van der Waals surface area (Å²) >= 11 is 2.03. The summed E-state index contributed by atoms with van der Waals surface area (Å²) in [5, 5.41) is 3.58. The van der Waals surface area contributed by atoms with Gasteiger partial charge in [0.15, 0.2) is 17.5 Å². The molecular formula is C20H34N4O2S. The van der Waals surface area contributed by atoms with Crippen LogP contribution in [0.5, 0.6) is 11.5 Å². The lowest BCUT2D eigenvalue weighted by Gasteiger charge is -2.39. The number of methoxy groups -OCH3 is 2. The smallest absolute Gasteiger partial charge is 0.193 e. The van der Waals surface area contributed by atoms with Crippen molar-refractivity contribution >= 4 is 17.7 Å². The number of aliphatic imine (C=N–C) groups is 1. The quantitative estimate of drug-likeness (QED) is 0.591. The molecule has 6 nitrogen and oxygen atoms in total. The summed E-state index contributed by atoms with van der Waals surface area (Å²) in [6.45, 7) is 7.38. The predicted molar refractivity (Wildman–Crippen MR) is 115 cm³/mol. The number of rotatable bonds is 6. The van der Waals surface area contributed by atoms with Crippen LogP contribution in [-0.4, -0.2) is 81.3 Å². The van der Waals surface area contributed by atoms with E-state index in [2.05, 4.69) is 60.2 Å². The van der Waals surface area contributed by atoms with Gasteiger partial charge in [-0.2, -0.15) is 11.8 Å². The fraction of sp³-hybridized carbons (Fsp3) is 0.650. The molecule has 1 aliphatic heterocycles. The van der Waals surface area contributed by atoms with Crippen molar-refractivity contribution in [2.75, 3.05) is 60.7 Å². The van der Waals surface area contributed by atoms with Gasteiger partial charge in [-0.1, -0.05) is 6.07 Å². The van der Waals surface area contributed by atoms with Gasteiger partial charge < -0.3 is 24.6 Å². The van der Waals surface area contributed by atoms with Gasteiger partial charge in [-0.3, -0.25) is 4.99 Å². The lowest BCUT2D eigenvalue weighted by atomic mass is 10.1. The van der Waals surface area contributed by atoms with Crippen LogP contribution in [0.3, 0.4) is 0 Å². The maximum Gasteiger partial charge on any atom is 0.193 e. The van der Waals surface area contributed by atoms with Gasteiger partial charge >= 0.3 is 0 Å². The minimum absolute atomic E-state index is 0.189. The molecule has 1 atom stereocenters. The Kier molecular flexibility index (Phi) is 7.68. The van der Waals surface area contributed by atoms with Crippen LogP contribution in [-0.2, 0) is 0 Å². The second kappa shape index (κ2) is 9.55. The average molecular weight is 395 g/mol. The van der Waals surface area contributed by atoms with Gasteiger partial charge in [0.05, 0.1) is 20.3 Å². The van der Waals surface area contributed by atoms with E-state index in [1.807, 2.05) is 24.9 Å². The molecule has 2 rings (SSSR count). The van der Waals surface area contributed by atoms with E-state index in [-0.39, 0.29) is 10.8 Å². The molecule has 1 N–H and O–H groups in total. The summed E-state index contributed by atoms with van der Waals surface area (Å²) < 4.78 is 11.1. The number of benzene rings is 1. The Bertz CT molecular complexity index is 649. The zero-order valence-electron chi connectivity index (χ0n) is 17.7. The largest absolute Gasteiger partial charge is 0.493 e. The first-order valence-corrected chi connectivity index (χ1v) is 10.3. The Hall–Kier alpha value is -1.60. The van der Waals surface area contributed by atoms with Crippen LogP contribution in [0.4, 0.5) is 0 Å². The van der Waals surface area contributed by atoms with E-state index in [1.54, 1.807) is 14.2 Å². The van der Waals surface area contributed by atoms with E-state index < -0.39 is 0 Å². The van der Waals surface area contributed by atoms with Gasteiger partial charge in [0.1, 0.15) is 0 Å². The molecule has 1 heterocycles. The van der Waals surface area contributed by atoms with E-state index in [1.165, 1.54) is 5.56 Å². The Morgan fingerprint density at radius 1 is 1.30 bits per heavy atom. The second-order valence-electron chi connectivity index (χ2n) is 7.55. The number of guanidine groups is 1. The van der Waals surface area contributed by atoms with Gasteiger partial charge in [0.25, 0.3) is 0 Å². The summed E-state index contributed by atoms with van der Waals surface area (Å²) in [4.78, 5) is 9.09. The van der Waals surface area contributed by atoms with Gasteiger partial charge in [-0.25, -0.2) is 0 Å². The lowest BCUT2D eigenvalue weighted by molar-refractivity contribution is 0.290. The van der Waals surface area contributed by atoms with Gasteiger partial charge in [-0.15, -0.1) is 0 Å². The molecule has 152 valence electrons. The third-order valence-electron chi connectivity index (χ3n) is 4.81. The van der Waals surface area contributed by atoms with E-state index in [0.717, 1.165) is 42.8 Å². The SMILES string of the molecule is CN=C(NCC(c1ccc(OC)c(OC)c1)N(C)C)N1CCSC(C)(C)C1. The van der Waals surface area contributed by atoms with Crippen molar-refractivity contribution in [1.29, 1.82) is 0 Å². The number of nitrogens with one attached hydrogen (secondary N) is 1. The molecular weight excluding hydrogens is 360 g/mol. The van der Waals surface area contributed by atoms with Gasteiger partial charge in [-0.05, 0) is 45.6 Å². The molecule has 0 aliphatic carbocycles. The van der Waals surface area contributed by atoms with Crippen LogP contribution in [0.15, 0.2) is 23.2 Å². The number of ether oxygens (including phenoxy) is 2. The van der Waals surface area contributed by atoms with Crippen LogP contribution in [0, 0.1) is 0 Å². The molecule has 1 fully saturated rings. The van der Waals surface area contributed by atoms with Crippen molar-refractivity contribution in [2.24, 2.45) is 4.99 Å². The van der Waals surface area contributed by atoms with Crippen LogP contribution in [0.2, 0.25) is 0 Å². The van der Waals surface area contributed by atoms with Crippen molar-refractivity contribution in [2.45, 2.75) is 24.6 Å². The standard InChI is InChI=1S/C20H34N4O2S/c1-20(2)14-24(10-11-27-20)19(21-3)22-13-16(23(4)5)15-8-9-17(25-6)18(12-15)26-7/h8-9,12,16H,10-11,13-14H2,1-7H3,(H,21,22). The Morgan fingerprint density at radius 3 is 2.56 bits per heavy atom. The fourth-order valence-corrected chi connectivity index (χ4v) is 4.49. The lowest BCUT2D eigenvalue weighted by Crippen LogP contribution is -2.52. The van der Waals surface area contributed by atoms with Crippen molar-refractivity contribution in [3.8, 4) is 11.5 Å². The predicted octanol–water partition coefficient (Wildman–Crippen LogP) is 2.71. The molecule has 1 saturated heterocycles. The highest BCUT2D eigenvalue weighted by atomic mass is 32.2. The van der Waals surface area contributed by atoms with Gasteiger partial charge in [0, 0.05) is 37.2 Å². The van der Waals surface area contributed by atoms with Crippen molar-refractivity contribution in [3.63, 3.8) is 0 Å².